The van der Waals surface area contributed by atoms with Gasteiger partial charge in [-0.25, -0.2) is 0 Å². The van der Waals surface area contributed by atoms with E-state index >= 15 is 0 Å². The smallest absolute Gasteiger partial charge is 0.262 e. The van der Waals surface area contributed by atoms with E-state index in [-0.39, 0.29) is 36.7 Å². The van der Waals surface area contributed by atoms with Gasteiger partial charge < -0.3 is 20.3 Å². The van der Waals surface area contributed by atoms with Crippen molar-refractivity contribution in [3.63, 3.8) is 0 Å². The molecule has 3 aromatic rings. The quantitative estimate of drug-likeness (QED) is 0.430. The zero-order valence-corrected chi connectivity index (χ0v) is 20.7. The molecule has 1 atom stereocenters. The zero-order valence-electron chi connectivity index (χ0n) is 19.1. The number of halogens is 1. The summed E-state index contributed by atoms with van der Waals surface area (Å²) in [7, 11) is 0. The molecule has 1 heterocycles. The molecule has 4 rings (SSSR count). The molecule has 7 nitrogen and oxygen atoms in total. The molecule has 1 fully saturated rings. The summed E-state index contributed by atoms with van der Waals surface area (Å²) in [6, 6.07) is 24.2. The van der Waals surface area contributed by atoms with Gasteiger partial charge in [-0.1, -0.05) is 46.3 Å². The van der Waals surface area contributed by atoms with Gasteiger partial charge in [0.15, 0.2) is 6.61 Å². The summed E-state index contributed by atoms with van der Waals surface area (Å²) in [6.07, 6.45) is 0.936. The van der Waals surface area contributed by atoms with Crippen LogP contribution < -0.4 is 20.3 Å². The molecule has 8 heteroatoms. The Balaban J connectivity index is 1.23. The minimum Gasteiger partial charge on any atom is -0.484 e. The van der Waals surface area contributed by atoms with E-state index in [1.807, 2.05) is 42.5 Å². The lowest BCUT2D eigenvalue weighted by Gasteiger charge is -2.17. The number of benzene rings is 3. The normalized spacial score (nSPS) is 15.1. The van der Waals surface area contributed by atoms with Crippen molar-refractivity contribution in [2.75, 3.05) is 29.9 Å². The number of nitrogens with zero attached hydrogens (tertiary/aromatic N) is 1. The van der Waals surface area contributed by atoms with Crippen LogP contribution in [-0.2, 0) is 20.8 Å². The van der Waals surface area contributed by atoms with Crippen molar-refractivity contribution in [2.45, 2.75) is 12.8 Å². The van der Waals surface area contributed by atoms with Crippen LogP contribution in [0.1, 0.15) is 12.0 Å². The van der Waals surface area contributed by atoms with Crippen molar-refractivity contribution in [1.82, 2.24) is 5.32 Å². The van der Waals surface area contributed by atoms with Gasteiger partial charge in [-0.3, -0.25) is 14.4 Å². The number of hydrogen-bond donors (Lipinski definition) is 2. The highest BCUT2D eigenvalue weighted by molar-refractivity contribution is 9.10. The van der Waals surface area contributed by atoms with Crippen molar-refractivity contribution >= 4 is 45.0 Å². The van der Waals surface area contributed by atoms with Gasteiger partial charge in [-0.2, -0.15) is 0 Å². The van der Waals surface area contributed by atoms with E-state index in [0.29, 0.717) is 30.2 Å². The number of ether oxygens (including phenoxy) is 1. The predicted molar refractivity (Wildman–Crippen MR) is 138 cm³/mol. The Bertz CT molecular complexity index is 1170. The summed E-state index contributed by atoms with van der Waals surface area (Å²) in [4.78, 5) is 38.8. The fraction of sp³-hybridized carbons (Fsp3) is 0.222. The Kier molecular flexibility index (Phi) is 8.15. The number of amides is 3. The highest BCUT2D eigenvalue weighted by atomic mass is 79.9. The van der Waals surface area contributed by atoms with E-state index in [9.17, 15) is 14.4 Å². The van der Waals surface area contributed by atoms with E-state index in [1.54, 1.807) is 41.3 Å². The molecule has 0 aromatic heterocycles. The number of nitrogens with one attached hydrogen (secondary N) is 2. The molecule has 0 saturated carbocycles. The lowest BCUT2D eigenvalue weighted by atomic mass is 10.1. The maximum atomic E-state index is 12.6. The lowest BCUT2D eigenvalue weighted by Crippen LogP contribution is -2.34. The second-order valence-electron chi connectivity index (χ2n) is 8.27. The fourth-order valence-corrected chi connectivity index (χ4v) is 4.12. The van der Waals surface area contributed by atoms with Crippen molar-refractivity contribution < 1.29 is 19.1 Å². The standard InChI is InChI=1S/C27H26BrN3O4/c28-21-6-8-22(9-7-21)30-25(32)18-35-24-12-10-23(11-13-24)31-17-20(16-26(31)33)27(34)29-15-14-19-4-2-1-3-5-19/h1-13,20H,14-18H2,(H,29,34)(H,30,32)/t20-/m1/s1. The Hall–Kier alpha value is -3.65. The summed E-state index contributed by atoms with van der Waals surface area (Å²) in [6.45, 7) is 0.740. The van der Waals surface area contributed by atoms with Gasteiger partial charge in [-0.05, 0) is 60.5 Å². The summed E-state index contributed by atoms with van der Waals surface area (Å²) in [5.41, 5.74) is 2.54. The predicted octanol–water partition coefficient (Wildman–Crippen LogP) is 4.18. The average molecular weight is 536 g/mol. The number of carbonyl (C=O) groups is 3. The Morgan fingerprint density at radius 3 is 2.40 bits per heavy atom. The van der Waals surface area contributed by atoms with Crippen LogP contribution in [0.4, 0.5) is 11.4 Å². The molecule has 0 unspecified atom stereocenters. The van der Waals surface area contributed by atoms with Crippen LogP contribution in [0.5, 0.6) is 5.75 Å². The van der Waals surface area contributed by atoms with Crippen LogP contribution in [0.15, 0.2) is 83.3 Å². The molecule has 0 bridgehead atoms. The molecule has 1 aliphatic rings. The summed E-state index contributed by atoms with van der Waals surface area (Å²) in [5.74, 6) is -0.324. The van der Waals surface area contributed by atoms with Gasteiger partial charge in [-0.15, -0.1) is 0 Å². The first kappa shape index (κ1) is 24.5. The van der Waals surface area contributed by atoms with E-state index < -0.39 is 0 Å². The molecular formula is C27H26BrN3O4. The number of hydrogen-bond acceptors (Lipinski definition) is 4. The molecule has 180 valence electrons. The van der Waals surface area contributed by atoms with E-state index in [4.69, 9.17) is 4.74 Å². The minimum absolute atomic E-state index is 0.0873. The van der Waals surface area contributed by atoms with Crippen molar-refractivity contribution in [1.29, 1.82) is 0 Å². The maximum absolute atomic E-state index is 12.6. The second kappa shape index (κ2) is 11.7. The average Bonchev–Trinajstić information content (AvgIpc) is 3.27. The SMILES string of the molecule is O=C(COc1ccc(N2C[C@H](C(=O)NCCc3ccccc3)CC2=O)cc1)Nc1ccc(Br)cc1. The molecule has 0 radical (unpaired) electrons. The van der Waals surface area contributed by atoms with Gasteiger partial charge in [0.1, 0.15) is 5.75 Å². The van der Waals surface area contributed by atoms with Crippen LogP contribution in [-0.4, -0.2) is 37.4 Å². The van der Waals surface area contributed by atoms with Crippen LogP contribution in [0.3, 0.4) is 0 Å². The molecule has 1 aliphatic heterocycles. The van der Waals surface area contributed by atoms with Gasteiger partial charge in [0.05, 0.1) is 5.92 Å². The number of rotatable bonds is 9. The molecule has 35 heavy (non-hydrogen) atoms. The Labute approximate surface area is 212 Å². The molecule has 0 spiro atoms. The molecule has 2 N–H and O–H groups in total. The first-order chi connectivity index (χ1) is 17.0. The monoisotopic (exact) mass is 535 g/mol. The fourth-order valence-electron chi connectivity index (χ4n) is 3.85. The largest absolute Gasteiger partial charge is 0.484 e. The van der Waals surface area contributed by atoms with Gasteiger partial charge in [0.25, 0.3) is 5.91 Å². The lowest BCUT2D eigenvalue weighted by molar-refractivity contribution is -0.126. The Morgan fingerprint density at radius 2 is 1.69 bits per heavy atom. The highest BCUT2D eigenvalue weighted by Gasteiger charge is 2.34. The first-order valence-corrected chi connectivity index (χ1v) is 12.2. The van der Waals surface area contributed by atoms with Crippen LogP contribution in [0, 0.1) is 5.92 Å². The molecule has 3 amide bonds. The topological polar surface area (TPSA) is 87.7 Å². The number of carbonyl (C=O) groups excluding carboxylic acids is 3. The van der Waals surface area contributed by atoms with Gasteiger partial charge in [0.2, 0.25) is 11.8 Å². The Morgan fingerprint density at radius 1 is 0.971 bits per heavy atom. The number of anilines is 2. The third-order valence-corrected chi connectivity index (χ3v) is 6.23. The molecule has 0 aliphatic carbocycles. The van der Waals surface area contributed by atoms with Crippen LogP contribution in [0.25, 0.3) is 0 Å². The van der Waals surface area contributed by atoms with Gasteiger partial charge in [0, 0.05) is 35.4 Å². The third-order valence-electron chi connectivity index (χ3n) is 5.70. The summed E-state index contributed by atoms with van der Waals surface area (Å²) >= 11 is 3.35. The molecular weight excluding hydrogens is 510 g/mol. The maximum Gasteiger partial charge on any atom is 0.262 e. The second-order valence-corrected chi connectivity index (χ2v) is 9.19. The highest BCUT2D eigenvalue weighted by Crippen LogP contribution is 2.27. The van der Waals surface area contributed by atoms with Crippen LogP contribution >= 0.6 is 15.9 Å². The first-order valence-electron chi connectivity index (χ1n) is 11.4. The molecule has 3 aromatic carbocycles. The van der Waals surface area contributed by atoms with Gasteiger partial charge >= 0.3 is 0 Å². The molecule has 1 saturated heterocycles. The van der Waals surface area contributed by atoms with E-state index in [1.165, 1.54) is 0 Å². The third kappa shape index (κ3) is 6.93. The van der Waals surface area contributed by atoms with Crippen molar-refractivity contribution in [3.05, 3.63) is 88.9 Å². The summed E-state index contributed by atoms with van der Waals surface area (Å²) in [5, 5.41) is 5.71. The van der Waals surface area contributed by atoms with E-state index in [0.717, 1.165) is 16.5 Å². The summed E-state index contributed by atoms with van der Waals surface area (Å²) < 4.78 is 6.49. The van der Waals surface area contributed by atoms with E-state index in [2.05, 4.69) is 26.6 Å². The zero-order chi connectivity index (χ0) is 24.6. The van der Waals surface area contributed by atoms with Crippen molar-refractivity contribution in [2.24, 2.45) is 5.92 Å². The minimum atomic E-state index is -0.378. The van der Waals surface area contributed by atoms with Crippen molar-refractivity contribution in [3.8, 4) is 5.75 Å². The van der Waals surface area contributed by atoms with Crippen LogP contribution in [0.2, 0.25) is 0 Å².